The molecule has 0 aliphatic rings. The van der Waals surface area contributed by atoms with E-state index in [9.17, 15) is 18.0 Å². The second-order valence-corrected chi connectivity index (χ2v) is 6.14. The highest BCUT2D eigenvalue weighted by Gasteiger charge is 2.16. The first-order valence-corrected chi connectivity index (χ1v) is 8.45. The molecule has 0 saturated carbocycles. The number of halogens is 3. The molecule has 0 unspecified atom stereocenters. The van der Waals surface area contributed by atoms with Crippen LogP contribution in [0.25, 0.3) is 0 Å². The van der Waals surface area contributed by atoms with Crippen LogP contribution in [0.4, 0.5) is 24.5 Å². The highest BCUT2D eigenvalue weighted by Crippen LogP contribution is 2.23. The second-order valence-electron chi connectivity index (χ2n) is 6.14. The molecule has 1 amide bonds. The maximum atomic E-state index is 13.8. The fraction of sp³-hybridized carbons (Fsp3) is 0.150. The van der Waals surface area contributed by atoms with Gasteiger partial charge in [-0.2, -0.15) is 0 Å². The lowest BCUT2D eigenvalue weighted by molar-refractivity contribution is 0.0796. The number of amides is 1. The Morgan fingerprint density at radius 2 is 1.79 bits per heavy atom. The lowest BCUT2D eigenvalue weighted by Crippen LogP contribution is -2.29. The van der Waals surface area contributed by atoms with Gasteiger partial charge in [0.1, 0.15) is 0 Å². The number of benzene rings is 1. The summed E-state index contributed by atoms with van der Waals surface area (Å²) >= 11 is 0. The summed E-state index contributed by atoms with van der Waals surface area (Å²) in [5.41, 5.74) is 1.36. The molecule has 0 aliphatic carbocycles. The lowest BCUT2D eigenvalue weighted by Gasteiger charge is -2.17. The number of carbonyl (C=O) groups is 1. The van der Waals surface area contributed by atoms with E-state index >= 15 is 0 Å². The quantitative estimate of drug-likeness (QED) is 0.652. The van der Waals surface area contributed by atoms with Crippen molar-refractivity contribution in [2.75, 3.05) is 18.9 Å². The minimum absolute atomic E-state index is 0.253. The minimum atomic E-state index is -1.57. The number of aromatic nitrogens is 2. The molecule has 5 nitrogen and oxygen atoms in total. The van der Waals surface area contributed by atoms with Gasteiger partial charge in [0.2, 0.25) is 0 Å². The van der Waals surface area contributed by atoms with Gasteiger partial charge < -0.3 is 10.2 Å². The van der Waals surface area contributed by atoms with Gasteiger partial charge in [-0.1, -0.05) is 0 Å². The Morgan fingerprint density at radius 3 is 2.54 bits per heavy atom. The molecule has 0 aliphatic heterocycles. The van der Waals surface area contributed by atoms with E-state index in [0.717, 1.165) is 17.7 Å². The van der Waals surface area contributed by atoms with Crippen molar-refractivity contribution >= 4 is 17.3 Å². The van der Waals surface area contributed by atoms with Crippen molar-refractivity contribution in [1.82, 2.24) is 14.9 Å². The molecular weight excluding hydrogens is 369 g/mol. The molecule has 2 aromatic heterocycles. The van der Waals surface area contributed by atoms with Crippen molar-refractivity contribution in [1.29, 1.82) is 0 Å². The van der Waals surface area contributed by atoms with E-state index < -0.39 is 17.5 Å². The monoisotopic (exact) mass is 386 g/mol. The topological polar surface area (TPSA) is 58.1 Å². The molecule has 0 bridgehead atoms. The number of hydrogen-bond donors (Lipinski definition) is 1. The SMILES string of the molecule is CN(CCc1ccncc1)C(=O)c1cncc(Nc2ccc(F)c(F)c2F)c1. The van der Waals surface area contributed by atoms with E-state index in [0.29, 0.717) is 13.0 Å². The first kappa shape index (κ1) is 19.3. The van der Waals surface area contributed by atoms with Gasteiger partial charge in [0.25, 0.3) is 5.91 Å². The van der Waals surface area contributed by atoms with Crippen LogP contribution in [0.1, 0.15) is 15.9 Å². The zero-order chi connectivity index (χ0) is 20.1. The third-order valence-corrected chi connectivity index (χ3v) is 4.13. The summed E-state index contributed by atoms with van der Waals surface area (Å²) in [5.74, 6) is -4.45. The molecule has 3 aromatic rings. The van der Waals surface area contributed by atoms with Crippen LogP contribution >= 0.6 is 0 Å². The van der Waals surface area contributed by atoms with Gasteiger partial charge >= 0.3 is 0 Å². The number of anilines is 2. The van der Waals surface area contributed by atoms with Crippen LogP contribution in [0.3, 0.4) is 0 Å². The van der Waals surface area contributed by atoms with Gasteiger partial charge in [0.15, 0.2) is 17.5 Å². The molecule has 1 aromatic carbocycles. The van der Waals surface area contributed by atoms with Gasteiger partial charge in [-0.05, 0) is 42.3 Å². The number of carbonyl (C=O) groups excluding carboxylic acids is 1. The van der Waals surface area contributed by atoms with Crippen LogP contribution in [0, 0.1) is 17.5 Å². The molecule has 0 fully saturated rings. The largest absolute Gasteiger partial charge is 0.352 e. The molecule has 8 heteroatoms. The Labute approximate surface area is 159 Å². The van der Waals surface area contributed by atoms with E-state index in [4.69, 9.17) is 0 Å². The van der Waals surface area contributed by atoms with Crippen molar-refractivity contribution in [3.63, 3.8) is 0 Å². The van der Waals surface area contributed by atoms with Crippen molar-refractivity contribution in [2.24, 2.45) is 0 Å². The zero-order valence-electron chi connectivity index (χ0n) is 15.0. The Hall–Kier alpha value is -3.42. The fourth-order valence-electron chi connectivity index (χ4n) is 2.57. The molecule has 1 N–H and O–H groups in total. The van der Waals surface area contributed by atoms with Crippen LogP contribution < -0.4 is 5.32 Å². The summed E-state index contributed by atoms with van der Waals surface area (Å²) in [6.45, 7) is 0.484. The first-order valence-electron chi connectivity index (χ1n) is 8.45. The van der Waals surface area contributed by atoms with Crippen LogP contribution in [0.5, 0.6) is 0 Å². The van der Waals surface area contributed by atoms with Crippen molar-refractivity contribution in [2.45, 2.75) is 6.42 Å². The first-order chi connectivity index (χ1) is 13.5. The molecule has 0 saturated heterocycles. The maximum Gasteiger partial charge on any atom is 0.255 e. The molecular formula is C20H17F3N4O. The van der Waals surface area contributed by atoms with Crippen LogP contribution in [-0.2, 0) is 6.42 Å². The predicted molar refractivity (Wildman–Crippen MR) is 98.7 cm³/mol. The summed E-state index contributed by atoms with van der Waals surface area (Å²) in [7, 11) is 1.67. The van der Waals surface area contributed by atoms with Gasteiger partial charge in [-0.25, -0.2) is 13.2 Å². The average molecular weight is 386 g/mol. The standard InChI is InChI=1S/C20H17F3N4O/c1-27(9-6-13-4-7-24-8-5-13)20(28)14-10-15(12-25-11-14)26-17-3-2-16(21)18(22)19(17)23/h2-5,7-8,10-12,26H,6,9H2,1H3. The third-order valence-electron chi connectivity index (χ3n) is 4.13. The smallest absolute Gasteiger partial charge is 0.255 e. The molecule has 28 heavy (non-hydrogen) atoms. The molecule has 0 atom stereocenters. The van der Waals surface area contributed by atoms with Crippen LogP contribution in [0.2, 0.25) is 0 Å². The normalized spacial score (nSPS) is 10.6. The number of hydrogen-bond acceptors (Lipinski definition) is 4. The van der Waals surface area contributed by atoms with Gasteiger partial charge in [0.05, 0.1) is 23.1 Å². The molecule has 3 rings (SSSR count). The number of nitrogens with one attached hydrogen (secondary N) is 1. The second kappa shape index (κ2) is 8.51. The average Bonchev–Trinajstić information content (AvgIpc) is 2.73. The molecule has 0 radical (unpaired) electrons. The van der Waals surface area contributed by atoms with Gasteiger partial charge in [-0.15, -0.1) is 0 Å². The Balaban J connectivity index is 1.70. The molecule has 0 spiro atoms. The van der Waals surface area contributed by atoms with E-state index in [2.05, 4.69) is 15.3 Å². The zero-order valence-corrected chi connectivity index (χ0v) is 15.0. The van der Waals surface area contributed by atoms with Gasteiger partial charge in [0, 0.05) is 32.2 Å². The minimum Gasteiger partial charge on any atom is -0.352 e. The Kier molecular flexibility index (Phi) is 5.88. The van der Waals surface area contributed by atoms with Crippen molar-refractivity contribution in [3.05, 3.63) is 83.7 Å². The fourth-order valence-corrected chi connectivity index (χ4v) is 2.57. The lowest BCUT2D eigenvalue weighted by atomic mass is 10.2. The highest BCUT2D eigenvalue weighted by atomic mass is 19.2. The summed E-state index contributed by atoms with van der Waals surface area (Å²) in [4.78, 5) is 22.1. The van der Waals surface area contributed by atoms with E-state index in [1.165, 1.54) is 18.5 Å². The summed E-state index contributed by atoms with van der Waals surface area (Å²) in [6, 6.07) is 7.11. The molecule has 2 heterocycles. The summed E-state index contributed by atoms with van der Waals surface area (Å²) in [6.07, 6.45) is 6.78. The highest BCUT2D eigenvalue weighted by molar-refractivity contribution is 5.94. The summed E-state index contributed by atoms with van der Waals surface area (Å²) < 4.78 is 40.2. The Bertz CT molecular complexity index is 982. The van der Waals surface area contributed by atoms with Crippen molar-refractivity contribution in [3.8, 4) is 0 Å². The third kappa shape index (κ3) is 4.46. The van der Waals surface area contributed by atoms with Gasteiger partial charge in [-0.3, -0.25) is 14.8 Å². The van der Waals surface area contributed by atoms with Crippen LogP contribution in [0.15, 0.2) is 55.1 Å². The van der Waals surface area contributed by atoms with E-state index in [-0.39, 0.29) is 22.8 Å². The van der Waals surface area contributed by atoms with Crippen molar-refractivity contribution < 1.29 is 18.0 Å². The summed E-state index contributed by atoms with van der Waals surface area (Å²) in [5, 5.41) is 2.61. The number of nitrogens with zero attached hydrogens (tertiary/aromatic N) is 3. The number of pyridine rings is 2. The predicted octanol–water partition coefficient (Wildman–Crippen LogP) is 3.95. The Morgan fingerprint density at radius 1 is 1.04 bits per heavy atom. The van der Waals surface area contributed by atoms with Crippen LogP contribution in [-0.4, -0.2) is 34.4 Å². The number of rotatable bonds is 6. The van der Waals surface area contributed by atoms with E-state index in [1.807, 2.05) is 12.1 Å². The maximum absolute atomic E-state index is 13.8. The van der Waals surface area contributed by atoms with E-state index in [1.54, 1.807) is 24.3 Å². The number of likely N-dealkylation sites (N-methyl/N-ethyl adjacent to an activating group) is 1. The molecule has 144 valence electrons.